The molecule has 0 saturated carbocycles. The average Bonchev–Trinajstić information content (AvgIpc) is 2.75. The number of carbonyl (C=O) groups is 1. The van der Waals surface area contributed by atoms with Crippen molar-refractivity contribution in [1.29, 1.82) is 0 Å². The lowest BCUT2D eigenvalue weighted by Gasteiger charge is -2.24. The summed E-state index contributed by atoms with van der Waals surface area (Å²) in [5.74, 6) is -0.881. The van der Waals surface area contributed by atoms with Crippen molar-refractivity contribution in [2.75, 3.05) is 13.1 Å². The van der Waals surface area contributed by atoms with E-state index in [9.17, 15) is 9.18 Å². The second-order valence-electron chi connectivity index (χ2n) is 4.86. The van der Waals surface area contributed by atoms with Gasteiger partial charge in [0, 0.05) is 25.2 Å². The number of hydrogen-bond donors (Lipinski definition) is 1. The molecule has 2 rings (SSSR count). The first-order valence-corrected chi connectivity index (χ1v) is 6.12. The van der Waals surface area contributed by atoms with Crippen LogP contribution in [0.15, 0.2) is 18.5 Å². The van der Waals surface area contributed by atoms with Gasteiger partial charge in [0.25, 0.3) is 0 Å². The monoisotopic (exact) mass is 252 g/mol. The molecule has 2 heterocycles. The first kappa shape index (κ1) is 13.0. The number of aliphatic carboxylic acids is 1. The van der Waals surface area contributed by atoms with Crippen molar-refractivity contribution in [2.24, 2.45) is 5.92 Å². The predicted molar refractivity (Wildman–Crippen MR) is 64.5 cm³/mol. The van der Waals surface area contributed by atoms with Crippen LogP contribution in [-0.4, -0.2) is 34.0 Å². The first-order valence-electron chi connectivity index (χ1n) is 6.12. The molecule has 1 saturated heterocycles. The smallest absolute Gasteiger partial charge is 0.303 e. The van der Waals surface area contributed by atoms with Gasteiger partial charge in [-0.25, -0.2) is 4.39 Å². The van der Waals surface area contributed by atoms with Crippen LogP contribution in [-0.2, 0) is 4.79 Å². The fourth-order valence-corrected chi connectivity index (χ4v) is 2.50. The number of halogens is 1. The van der Waals surface area contributed by atoms with Crippen LogP contribution in [0.25, 0.3) is 0 Å². The Morgan fingerprint density at radius 3 is 3.11 bits per heavy atom. The van der Waals surface area contributed by atoms with Crippen molar-refractivity contribution in [3.05, 3.63) is 29.8 Å². The van der Waals surface area contributed by atoms with Gasteiger partial charge in [-0.05, 0) is 37.4 Å². The largest absolute Gasteiger partial charge is 0.481 e. The molecule has 1 aromatic rings. The fraction of sp³-hybridized carbons (Fsp3) is 0.538. The van der Waals surface area contributed by atoms with Crippen LogP contribution >= 0.6 is 0 Å². The number of hydrogen-bond acceptors (Lipinski definition) is 3. The molecule has 1 aromatic heterocycles. The summed E-state index contributed by atoms with van der Waals surface area (Å²) in [6.07, 6.45) is 3.95. The van der Waals surface area contributed by atoms with E-state index in [1.807, 2.05) is 6.92 Å². The zero-order valence-electron chi connectivity index (χ0n) is 10.3. The highest BCUT2D eigenvalue weighted by atomic mass is 19.1. The molecule has 98 valence electrons. The summed E-state index contributed by atoms with van der Waals surface area (Å²) in [6, 6.07) is 1.56. The molecule has 0 radical (unpaired) electrons. The third-order valence-corrected chi connectivity index (χ3v) is 3.54. The summed E-state index contributed by atoms with van der Waals surface area (Å²) in [5.41, 5.74) is 0.839. The Kier molecular flexibility index (Phi) is 3.91. The third-order valence-electron chi connectivity index (χ3n) is 3.54. The summed E-state index contributed by atoms with van der Waals surface area (Å²) in [6.45, 7) is 3.61. The number of nitrogens with zero attached hydrogens (tertiary/aromatic N) is 2. The fourth-order valence-electron chi connectivity index (χ4n) is 2.50. The molecule has 18 heavy (non-hydrogen) atoms. The molecular formula is C13H17FN2O2. The van der Waals surface area contributed by atoms with Gasteiger partial charge in [-0.15, -0.1) is 0 Å². The van der Waals surface area contributed by atoms with Gasteiger partial charge in [-0.3, -0.25) is 14.7 Å². The minimum atomic E-state index is -0.748. The maximum Gasteiger partial charge on any atom is 0.303 e. The van der Waals surface area contributed by atoms with Crippen LogP contribution in [0.3, 0.4) is 0 Å². The molecular weight excluding hydrogens is 235 g/mol. The predicted octanol–water partition coefficient (Wildman–Crippen LogP) is 2.08. The van der Waals surface area contributed by atoms with Crippen LogP contribution in [0, 0.1) is 11.7 Å². The maximum absolute atomic E-state index is 13.1. The van der Waals surface area contributed by atoms with E-state index in [4.69, 9.17) is 5.11 Å². The Bertz CT molecular complexity index is 439. The van der Waals surface area contributed by atoms with Crippen molar-refractivity contribution in [3.8, 4) is 0 Å². The molecule has 1 N–H and O–H groups in total. The number of rotatable bonds is 4. The number of carboxylic acids is 1. The van der Waals surface area contributed by atoms with E-state index in [1.165, 1.54) is 12.3 Å². The molecule has 4 nitrogen and oxygen atoms in total. The van der Waals surface area contributed by atoms with E-state index in [1.54, 1.807) is 6.20 Å². The quantitative estimate of drug-likeness (QED) is 0.891. The lowest BCUT2D eigenvalue weighted by atomic mass is 10.1. The number of likely N-dealkylation sites (tertiary alicyclic amines) is 1. The Hall–Kier alpha value is -1.49. The summed E-state index contributed by atoms with van der Waals surface area (Å²) < 4.78 is 13.1. The van der Waals surface area contributed by atoms with Gasteiger partial charge in [0.05, 0.1) is 6.20 Å². The van der Waals surface area contributed by atoms with Crippen LogP contribution in [0.5, 0.6) is 0 Å². The van der Waals surface area contributed by atoms with E-state index >= 15 is 0 Å². The molecule has 0 amide bonds. The Balaban J connectivity index is 1.99. The highest BCUT2D eigenvalue weighted by Crippen LogP contribution is 2.28. The van der Waals surface area contributed by atoms with Gasteiger partial charge >= 0.3 is 5.97 Å². The third kappa shape index (κ3) is 3.04. The maximum atomic E-state index is 13.1. The molecule has 1 fully saturated rings. The van der Waals surface area contributed by atoms with E-state index in [0.29, 0.717) is 0 Å². The molecule has 0 spiro atoms. The van der Waals surface area contributed by atoms with Gasteiger partial charge in [0.1, 0.15) is 5.82 Å². The van der Waals surface area contributed by atoms with E-state index in [2.05, 4.69) is 9.88 Å². The van der Waals surface area contributed by atoms with Crippen LogP contribution in [0.2, 0.25) is 0 Å². The van der Waals surface area contributed by atoms with Crippen LogP contribution < -0.4 is 0 Å². The van der Waals surface area contributed by atoms with Gasteiger partial charge in [0.2, 0.25) is 0 Å². The van der Waals surface area contributed by atoms with Crippen molar-refractivity contribution in [1.82, 2.24) is 9.88 Å². The standard InChI is InChI=1S/C13H17FN2O2/c1-9(11-5-12(14)7-15-6-11)16-3-2-10(8-16)4-13(17)18/h5-7,9-10H,2-4,8H2,1H3,(H,17,18). The number of pyridine rings is 1. The zero-order chi connectivity index (χ0) is 13.1. The van der Waals surface area contributed by atoms with E-state index in [0.717, 1.165) is 25.1 Å². The van der Waals surface area contributed by atoms with Crippen LogP contribution in [0.4, 0.5) is 4.39 Å². The van der Waals surface area contributed by atoms with Gasteiger partial charge < -0.3 is 5.11 Å². The molecule has 0 aliphatic carbocycles. The molecule has 1 aliphatic heterocycles. The molecule has 2 unspecified atom stereocenters. The molecule has 5 heteroatoms. The molecule has 2 atom stereocenters. The van der Waals surface area contributed by atoms with Crippen molar-refractivity contribution in [2.45, 2.75) is 25.8 Å². The highest BCUT2D eigenvalue weighted by molar-refractivity contribution is 5.67. The lowest BCUT2D eigenvalue weighted by Crippen LogP contribution is -2.25. The second-order valence-corrected chi connectivity index (χ2v) is 4.86. The average molecular weight is 252 g/mol. The lowest BCUT2D eigenvalue weighted by molar-refractivity contribution is -0.138. The zero-order valence-corrected chi connectivity index (χ0v) is 10.3. The summed E-state index contributed by atoms with van der Waals surface area (Å²) in [7, 11) is 0. The summed E-state index contributed by atoms with van der Waals surface area (Å²) in [5, 5.41) is 8.77. The summed E-state index contributed by atoms with van der Waals surface area (Å²) >= 11 is 0. The minimum Gasteiger partial charge on any atom is -0.481 e. The topological polar surface area (TPSA) is 53.4 Å². The molecule has 0 aromatic carbocycles. The Morgan fingerprint density at radius 1 is 1.67 bits per heavy atom. The van der Waals surface area contributed by atoms with Gasteiger partial charge in [-0.1, -0.05) is 0 Å². The van der Waals surface area contributed by atoms with Crippen molar-refractivity contribution in [3.63, 3.8) is 0 Å². The molecule has 0 bridgehead atoms. The van der Waals surface area contributed by atoms with Crippen LogP contribution in [0.1, 0.15) is 31.4 Å². The molecule has 1 aliphatic rings. The Labute approximate surface area is 105 Å². The summed E-state index contributed by atoms with van der Waals surface area (Å²) in [4.78, 5) is 16.7. The SMILES string of the molecule is CC(c1cncc(F)c1)N1CCC(CC(=O)O)C1. The van der Waals surface area contributed by atoms with Crippen molar-refractivity contribution < 1.29 is 14.3 Å². The van der Waals surface area contributed by atoms with Crippen molar-refractivity contribution >= 4 is 5.97 Å². The number of aromatic nitrogens is 1. The highest BCUT2D eigenvalue weighted by Gasteiger charge is 2.28. The van der Waals surface area contributed by atoms with Gasteiger partial charge in [0.15, 0.2) is 0 Å². The normalized spacial score (nSPS) is 22.0. The second kappa shape index (κ2) is 5.44. The minimum absolute atomic E-state index is 0.0759. The van der Waals surface area contributed by atoms with Gasteiger partial charge in [-0.2, -0.15) is 0 Å². The van der Waals surface area contributed by atoms with E-state index in [-0.39, 0.29) is 24.2 Å². The first-order chi connectivity index (χ1) is 8.56. The number of carboxylic acid groups (broad SMARTS) is 1. The Morgan fingerprint density at radius 2 is 2.44 bits per heavy atom. The van der Waals surface area contributed by atoms with E-state index < -0.39 is 5.97 Å².